The molecule has 172 valence electrons. The van der Waals surface area contributed by atoms with Gasteiger partial charge in [-0.25, -0.2) is 0 Å². The van der Waals surface area contributed by atoms with Crippen LogP contribution in [0.25, 0.3) is 5.57 Å². The highest BCUT2D eigenvalue weighted by molar-refractivity contribution is 7.85. The largest absolute Gasteiger partial charge is 0.394 e. The maximum Gasteiger partial charge on any atom is 0.229 e. The van der Waals surface area contributed by atoms with Gasteiger partial charge in [-0.2, -0.15) is 9.97 Å². The lowest BCUT2D eigenvalue weighted by Crippen LogP contribution is -2.49. The van der Waals surface area contributed by atoms with Gasteiger partial charge in [0, 0.05) is 38.0 Å². The zero-order valence-corrected chi connectivity index (χ0v) is 19.7. The molecule has 0 bridgehead atoms. The average molecular weight is 464 g/mol. The van der Waals surface area contributed by atoms with Gasteiger partial charge in [0.15, 0.2) is 11.6 Å². The van der Waals surface area contributed by atoms with E-state index in [4.69, 9.17) is 16.4 Å². The topological polar surface area (TPSA) is 81.6 Å². The van der Waals surface area contributed by atoms with Gasteiger partial charge in [-0.05, 0) is 49.0 Å². The number of nitrogens with one attached hydrogen (secondary N) is 1. The molecule has 5 rings (SSSR count). The molecule has 3 aliphatic rings. The number of hydrogen-bond donors (Lipinski definition) is 2. The zero-order valence-electron chi connectivity index (χ0n) is 18.9. The summed E-state index contributed by atoms with van der Waals surface area (Å²) >= 11 is 0. The van der Waals surface area contributed by atoms with E-state index >= 15 is 0 Å². The number of rotatable bonds is 5. The van der Waals surface area contributed by atoms with Crippen LogP contribution in [-0.4, -0.2) is 63.9 Å². The third kappa shape index (κ3) is 4.11. The first-order valence-corrected chi connectivity index (χ1v) is 12.8. The highest BCUT2D eigenvalue weighted by atomic mass is 32.2. The number of aromatic nitrogens is 2. The van der Waals surface area contributed by atoms with Gasteiger partial charge in [-0.1, -0.05) is 24.1 Å². The normalized spacial score (nSPS) is 21.5. The molecule has 0 saturated heterocycles. The number of benzene rings is 1. The van der Waals surface area contributed by atoms with Crippen LogP contribution < -0.4 is 15.1 Å². The van der Waals surface area contributed by atoms with E-state index in [1.54, 1.807) is 0 Å². The molecular formula is C25H29N5O2S. The van der Waals surface area contributed by atoms with E-state index in [1.807, 2.05) is 19.2 Å². The summed E-state index contributed by atoms with van der Waals surface area (Å²) in [6.07, 6.45) is 11.4. The van der Waals surface area contributed by atoms with Gasteiger partial charge in [0.1, 0.15) is 4.90 Å². The van der Waals surface area contributed by atoms with Crippen LogP contribution in [0.5, 0.6) is 0 Å². The summed E-state index contributed by atoms with van der Waals surface area (Å²) in [5, 5.41) is 13.5. The van der Waals surface area contributed by atoms with Crippen molar-refractivity contribution in [3.8, 4) is 12.3 Å². The lowest BCUT2D eigenvalue weighted by Gasteiger charge is -2.42. The van der Waals surface area contributed by atoms with Crippen molar-refractivity contribution in [1.29, 1.82) is 0 Å². The maximum absolute atomic E-state index is 12.9. The van der Waals surface area contributed by atoms with Crippen LogP contribution in [-0.2, 0) is 10.8 Å². The van der Waals surface area contributed by atoms with Crippen molar-refractivity contribution in [2.75, 3.05) is 54.2 Å². The lowest BCUT2D eigenvalue weighted by molar-refractivity contribution is 0.143. The summed E-state index contributed by atoms with van der Waals surface area (Å²) in [6.45, 7) is 2.22. The van der Waals surface area contributed by atoms with Crippen molar-refractivity contribution in [2.24, 2.45) is 0 Å². The van der Waals surface area contributed by atoms with Crippen molar-refractivity contribution in [1.82, 2.24) is 9.97 Å². The van der Waals surface area contributed by atoms with E-state index in [0.29, 0.717) is 35.5 Å². The Balaban J connectivity index is 1.45. The molecule has 2 N–H and O–H groups in total. The molecule has 0 radical (unpaired) electrons. The molecule has 8 heteroatoms. The minimum Gasteiger partial charge on any atom is -0.394 e. The number of anilines is 3. The summed E-state index contributed by atoms with van der Waals surface area (Å²) in [4.78, 5) is 14.6. The predicted molar refractivity (Wildman–Crippen MR) is 133 cm³/mol. The van der Waals surface area contributed by atoms with Gasteiger partial charge >= 0.3 is 0 Å². The average Bonchev–Trinajstić information content (AvgIpc) is 2.83. The fraction of sp³-hybridized carbons (Fsp3) is 0.440. The molecule has 1 aromatic heterocycles. The molecule has 33 heavy (non-hydrogen) atoms. The van der Waals surface area contributed by atoms with Crippen LogP contribution in [0.3, 0.4) is 0 Å². The van der Waals surface area contributed by atoms with Gasteiger partial charge in [-0.15, -0.1) is 6.42 Å². The second kappa shape index (κ2) is 8.81. The van der Waals surface area contributed by atoms with Gasteiger partial charge < -0.3 is 20.2 Å². The van der Waals surface area contributed by atoms with Crippen molar-refractivity contribution in [2.45, 2.75) is 36.1 Å². The highest BCUT2D eigenvalue weighted by Gasteiger charge is 2.39. The Morgan fingerprint density at radius 1 is 1.24 bits per heavy atom. The zero-order chi connectivity index (χ0) is 23.0. The Morgan fingerprint density at radius 2 is 2.03 bits per heavy atom. The Kier molecular flexibility index (Phi) is 5.85. The molecule has 7 nitrogen and oxygen atoms in total. The standard InChI is InChI=1S/C25H29N5O2S/c1-3-18-5-7-19(8-6-18)20-9-13-30(14-10-20)24-26-22(28-25(17-31)11-4-12-25)21-23(27-24)29(2)15-16-33(21)32/h1,5-9,31H,4,10-17H2,2H3,(H,26,27,28)/t33-/m1/s1. The Bertz CT molecular complexity index is 1150. The van der Waals surface area contributed by atoms with E-state index in [-0.39, 0.29) is 12.1 Å². The van der Waals surface area contributed by atoms with Crippen LogP contribution in [0, 0.1) is 12.3 Å². The molecule has 2 aromatic rings. The molecule has 0 unspecified atom stereocenters. The van der Waals surface area contributed by atoms with E-state index < -0.39 is 10.8 Å². The maximum atomic E-state index is 12.9. The second-order valence-corrected chi connectivity index (χ2v) is 10.6. The van der Waals surface area contributed by atoms with Gasteiger partial charge in [0.2, 0.25) is 5.95 Å². The molecule has 1 atom stereocenters. The minimum absolute atomic E-state index is 0.0395. The fourth-order valence-electron chi connectivity index (χ4n) is 4.62. The molecule has 3 heterocycles. The van der Waals surface area contributed by atoms with E-state index in [0.717, 1.165) is 43.6 Å². The Labute approximate surface area is 197 Å². The smallest absolute Gasteiger partial charge is 0.229 e. The number of hydrogen-bond acceptors (Lipinski definition) is 7. The third-order valence-electron chi connectivity index (χ3n) is 6.95. The minimum atomic E-state index is -1.16. The van der Waals surface area contributed by atoms with Crippen LogP contribution in [0.2, 0.25) is 0 Å². The number of nitrogens with zero attached hydrogens (tertiary/aromatic N) is 4. The first-order valence-electron chi connectivity index (χ1n) is 11.4. The molecule has 1 aliphatic carbocycles. The summed E-state index contributed by atoms with van der Waals surface area (Å²) < 4.78 is 12.9. The second-order valence-electron chi connectivity index (χ2n) is 9.06. The summed E-state index contributed by atoms with van der Waals surface area (Å²) in [5.74, 6) is 5.17. The van der Waals surface area contributed by atoms with E-state index in [1.165, 1.54) is 11.1 Å². The summed E-state index contributed by atoms with van der Waals surface area (Å²) in [5.41, 5.74) is 2.98. The summed E-state index contributed by atoms with van der Waals surface area (Å²) in [7, 11) is 0.817. The highest BCUT2D eigenvalue weighted by Crippen LogP contribution is 2.39. The van der Waals surface area contributed by atoms with Crippen molar-refractivity contribution in [3.05, 3.63) is 41.5 Å². The van der Waals surface area contributed by atoms with E-state index in [9.17, 15) is 9.32 Å². The van der Waals surface area contributed by atoms with Gasteiger partial charge in [0.25, 0.3) is 0 Å². The lowest BCUT2D eigenvalue weighted by atomic mass is 9.77. The number of terminal acetylenes is 1. The Morgan fingerprint density at radius 3 is 2.64 bits per heavy atom. The summed E-state index contributed by atoms with van der Waals surface area (Å²) in [6, 6.07) is 8.09. The number of fused-ring (bicyclic) bond motifs is 1. The van der Waals surface area contributed by atoms with Crippen molar-refractivity contribution >= 4 is 34.0 Å². The van der Waals surface area contributed by atoms with E-state index in [2.05, 4.69) is 39.2 Å². The molecular weight excluding hydrogens is 434 g/mol. The monoisotopic (exact) mass is 463 g/mol. The SMILES string of the molecule is C#Cc1ccc(C2=CCN(c3nc(NC4(CO)CCC4)c4c(n3)N(C)CC[S@]4=O)CC2)cc1. The molecule has 1 fully saturated rings. The number of aliphatic hydroxyl groups is 1. The quantitative estimate of drug-likeness (QED) is 0.660. The molecule has 1 aromatic carbocycles. The van der Waals surface area contributed by atoms with Crippen LogP contribution >= 0.6 is 0 Å². The Hall–Kier alpha value is -2.89. The molecule has 2 aliphatic heterocycles. The van der Waals surface area contributed by atoms with Crippen LogP contribution in [0.15, 0.2) is 35.2 Å². The number of aliphatic hydroxyl groups excluding tert-OH is 1. The van der Waals surface area contributed by atoms with Crippen LogP contribution in [0.4, 0.5) is 17.6 Å². The van der Waals surface area contributed by atoms with Crippen molar-refractivity contribution in [3.63, 3.8) is 0 Å². The van der Waals surface area contributed by atoms with Gasteiger partial charge in [-0.3, -0.25) is 4.21 Å². The molecule has 0 amide bonds. The molecule has 1 saturated carbocycles. The van der Waals surface area contributed by atoms with Gasteiger partial charge in [0.05, 0.1) is 22.9 Å². The van der Waals surface area contributed by atoms with Crippen LogP contribution in [0.1, 0.15) is 36.8 Å². The first-order chi connectivity index (χ1) is 16.0. The molecule has 0 spiro atoms. The third-order valence-corrected chi connectivity index (χ3v) is 8.33. The van der Waals surface area contributed by atoms with Crippen molar-refractivity contribution < 1.29 is 9.32 Å². The first kappa shape index (κ1) is 21.9. The predicted octanol–water partition coefficient (Wildman–Crippen LogP) is 2.64. The fourth-order valence-corrected chi connectivity index (χ4v) is 5.98.